The summed E-state index contributed by atoms with van der Waals surface area (Å²) in [6.45, 7) is 10.4. The molecule has 2 rings (SSSR count). The van der Waals surface area contributed by atoms with Gasteiger partial charge in [0.1, 0.15) is 11.5 Å². The van der Waals surface area contributed by atoms with E-state index in [0.29, 0.717) is 5.92 Å². The first-order valence-electron chi connectivity index (χ1n) is 9.44. The first kappa shape index (κ1) is 20.8. The molecule has 2 aromatic rings. The van der Waals surface area contributed by atoms with Crippen LogP contribution in [-0.4, -0.2) is 19.6 Å². The summed E-state index contributed by atoms with van der Waals surface area (Å²) in [5.74, 6) is 1.92. The van der Waals surface area contributed by atoms with Crippen LogP contribution in [0.25, 0.3) is 0 Å². The fourth-order valence-corrected chi connectivity index (χ4v) is 3.12. The lowest BCUT2D eigenvalue weighted by molar-refractivity contribution is -0.124. The van der Waals surface area contributed by atoms with Crippen molar-refractivity contribution in [2.24, 2.45) is 5.92 Å². The molecule has 0 bridgehead atoms. The third-order valence-corrected chi connectivity index (χ3v) is 4.68. The fourth-order valence-electron chi connectivity index (χ4n) is 3.12. The number of ether oxygens (including phenoxy) is 2. The molecule has 1 unspecified atom stereocenters. The second-order valence-electron chi connectivity index (χ2n) is 7.52. The van der Waals surface area contributed by atoms with E-state index >= 15 is 0 Å². The Labute approximate surface area is 162 Å². The molecule has 27 heavy (non-hydrogen) atoms. The van der Waals surface area contributed by atoms with Gasteiger partial charge >= 0.3 is 0 Å². The van der Waals surface area contributed by atoms with E-state index in [4.69, 9.17) is 9.47 Å². The van der Waals surface area contributed by atoms with Gasteiger partial charge < -0.3 is 14.8 Å². The number of rotatable bonds is 8. The first-order valence-corrected chi connectivity index (χ1v) is 9.44. The van der Waals surface area contributed by atoms with Gasteiger partial charge in [0.25, 0.3) is 5.91 Å². The molecule has 4 nitrogen and oxygen atoms in total. The zero-order chi connectivity index (χ0) is 20.0. The Morgan fingerprint density at radius 2 is 1.74 bits per heavy atom. The molecule has 146 valence electrons. The third kappa shape index (κ3) is 6.02. The summed E-state index contributed by atoms with van der Waals surface area (Å²) in [4.78, 5) is 12.5. The van der Waals surface area contributed by atoms with Gasteiger partial charge in [-0.05, 0) is 73.6 Å². The summed E-state index contributed by atoms with van der Waals surface area (Å²) >= 11 is 0. The van der Waals surface area contributed by atoms with Gasteiger partial charge in [0, 0.05) is 0 Å². The van der Waals surface area contributed by atoms with Crippen LogP contribution < -0.4 is 14.8 Å². The number of carbonyl (C=O) groups is 1. The Bertz CT molecular complexity index is 766. The molecule has 0 saturated heterocycles. The zero-order valence-electron chi connectivity index (χ0n) is 17.3. The van der Waals surface area contributed by atoms with Gasteiger partial charge in [-0.15, -0.1) is 0 Å². The van der Waals surface area contributed by atoms with E-state index < -0.39 is 0 Å². The number of carbonyl (C=O) groups excluding carboxylic acids is 1. The molecular weight excluding hydrogens is 338 g/mol. The maximum absolute atomic E-state index is 12.5. The predicted octanol–water partition coefficient (Wildman–Crippen LogP) is 4.90. The number of methoxy groups -OCH3 is 1. The molecule has 0 aromatic heterocycles. The van der Waals surface area contributed by atoms with Crippen molar-refractivity contribution in [1.82, 2.24) is 5.32 Å². The SMILES string of the molecule is COc1ccc(C(CC(C)C)NC(=O)COc2cc(C)cc(C)c2C)cc1. The van der Waals surface area contributed by atoms with Crippen LogP contribution in [-0.2, 0) is 4.79 Å². The van der Waals surface area contributed by atoms with E-state index in [1.54, 1.807) is 7.11 Å². The molecule has 0 aliphatic rings. The van der Waals surface area contributed by atoms with Crippen LogP contribution in [0.1, 0.15) is 48.6 Å². The average Bonchev–Trinajstić information content (AvgIpc) is 2.62. The van der Waals surface area contributed by atoms with E-state index in [1.807, 2.05) is 44.2 Å². The van der Waals surface area contributed by atoms with Crippen molar-refractivity contribution < 1.29 is 14.3 Å². The van der Waals surface area contributed by atoms with Gasteiger partial charge in [0.2, 0.25) is 0 Å². The lowest BCUT2D eigenvalue weighted by Gasteiger charge is -2.22. The van der Waals surface area contributed by atoms with Gasteiger partial charge in [0.05, 0.1) is 13.2 Å². The van der Waals surface area contributed by atoms with Crippen LogP contribution in [0.15, 0.2) is 36.4 Å². The van der Waals surface area contributed by atoms with Crippen molar-refractivity contribution in [3.8, 4) is 11.5 Å². The van der Waals surface area contributed by atoms with Crippen molar-refractivity contribution >= 4 is 5.91 Å². The molecule has 2 aromatic carbocycles. The average molecular weight is 370 g/mol. The highest BCUT2D eigenvalue weighted by molar-refractivity contribution is 5.78. The Morgan fingerprint density at radius 3 is 2.33 bits per heavy atom. The number of amides is 1. The van der Waals surface area contributed by atoms with Gasteiger partial charge in [-0.2, -0.15) is 0 Å². The van der Waals surface area contributed by atoms with Crippen molar-refractivity contribution in [2.75, 3.05) is 13.7 Å². The number of hydrogen-bond donors (Lipinski definition) is 1. The highest BCUT2D eigenvalue weighted by Crippen LogP contribution is 2.25. The third-order valence-electron chi connectivity index (χ3n) is 4.68. The van der Waals surface area contributed by atoms with E-state index in [0.717, 1.165) is 34.6 Å². The summed E-state index contributed by atoms with van der Waals surface area (Å²) < 4.78 is 11.0. The van der Waals surface area contributed by atoms with Crippen LogP contribution >= 0.6 is 0 Å². The summed E-state index contributed by atoms with van der Waals surface area (Å²) in [7, 11) is 1.65. The summed E-state index contributed by atoms with van der Waals surface area (Å²) in [6, 6.07) is 11.9. The minimum absolute atomic E-state index is 0.00842. The summed E-state index contributed by atoms with van der Waals surface area (Å²) in [5.41, 5.74) is 4.44. The van der Waals surface area contributed by atoms with E-state index in [-0.39, 0.29) is 18.6 Å². The summed E-state index contributed by atoms with van der Waals surface area (Å²) in [6.07, 6.45) is 0.862. The monoisotopic (exact) mass is 369 g/mol. The largest absolute Gasteiger partial charge is 0.497 e. The van der Waals surface area contributed by atoms with E-state index in [2.05, 4.69) is 32.2 Å². The molecule has 0 spiro atoms. The highest BCUT2D eigenvalue weighted by atomic mass is 16.5. The quantitative estimate of drug-likeness (QED) is 0.720. The molecule has 1 amide bonds. The van der Waals surface area contributed by atoms with E-state index in [1.165, 1.54) is 5.56 Å². The number of benzene rings is 2. The van der Waals surface area contributed by atoms with Crippen LogP contribution in [0.2, 0.25) is 0 Å². The lowest BCUT2D eigenvalue weighted by Crippen LogP contribution is -2.33. The van der Waals surface area contributed by atoms with Gasteiger partial charge in [0.15, 0.2) is 6.61 Å². The minimum Gasteiger partial charge on any atom is -0.497 e. The molecule has 0 radical (unpaired) electrons. The lowest BCUT2D eigenvalue weighted by atomic mass is 9.97. The number of nitrogens with one attached hydrogen (secondary N) is 1. The second kappa shape index (κ2) is 9.45. The molecule has 0 aliphatic heterocycles. The van der Waals surface area contributed by atoms with Gasteiger partial charge in [-0.1, -0.05) is 32.0 Å². The Balaban J connectivity index is 2.05. The normalized spacial score (nSPS) is 12.0. The smallest absolute Gasteiger partial charge is 0.258 e. The Morgan fingerprint density at radius 1 is 1.07 bits per heavy atom. The van der Waals surface area contributed by atoms with Crippen LogP contribution in [0.4, 0.5) is 0 Å². The Kier molecular flexibility index (Phi) is 7.28. The van der Waals surface area contributed by atoms with E-state index in [9.17, 15) is 4.79 Å². The number of hydrogen-bond acceptors (Lipinski definition) is 3. The van der Waals surface area contributed by atoms with Crippen molar-refractivity contribution in [3.05, 3.63) is 58.7 Å². The molecule has 0 aliphatic carbocycles. The minimum atomic E-state index is -0.116. The molecule has 1 N–H and O–H groups in total. The molecule has 4 heteroatoms. The molecular formula is C23H31NO3. The topological polar surface area (TPSA) is 47.6 Å². The highest BCUT2D eigenvalue weighted by Gasteiger charge is 2.17. The van der Waals surface area contributed by atoms with Gasteiger partial charge in [-0.3, -0.25) is 4.79 Å². The zero-order valence-corrected chi connectivity index (χ0v) is 17.3. The van der Waals surface area contributed by atoms with Crippen molar-refractivity contribution in [2.45, 2.75) is 47.1 Å². The maximum Gasteiger partial charge on any atom is 0.258 e. The standard InChI is InChI=1S/C23H31NO3/c1-15(2)11-21(19-7-9-20(26-6)10-8-19)24-23(25)14-27-22-13-16(3)12-17(4)18(22)5/h7-10,12-13,15,21H,11,14H2,1-6H3,(H,24,25). The fraction of sp³-hybridized carbons (Fsp3) is 0.435. The summed E-state index contributed by atoms with van der Waals surface area (Å²) in [5, 5.41) is 3.12. The molecule has 0 saturated carbocycles. The van der Waals surface area contributed by atoms with Gasteiger partial charge in [-0.25, -0.2) is 0 Å². The molecule has 0 fully saturated rings. The van der Waals surface area contributed by atoms with Crippen molar-refractivity contribution in [3.63, 3.8) is 0 Å². The second-order valence-corrected chi connectivity index (χ2v) is 7.52. The maximum atomic E-state index is 12.5. The van der Waals surface area contributed by atoms with Crippen LogP contribution in [0, 0.1) is 26.7 Å². The predicted molar refractivity (Wildman–Crippen MR) is 109 cm³/mol. The van der Waals surface area contributed by atoms with Crippen LogP contribution in [0.3, 0.4) is 0 Å². The van der Waals surface area contributed by atoms with Crippen molar-refractivity contribution in [1.29, 1.82) is 0 Å². The number of aryl methyl sites for hydroxylation is 2. The molecule has 1 atom stereocenters. The Hall–Kier alpha value is -2.49. The van der Waals surface area contributed by atoms with Crippen LogP contribution in [0.5, 0.6) is 11.5 Å². The first-order chi connectivity index (χ1) is 12.8. The molecule has 0 heterocycles.